The Hall–Kier alpha value is -0.870. The van der Waals surface area contributed by atoms with Gasteiger partial charge in [0.2, 0.25) is 5.91 Å². The second-order valence-corrected chi connectivity index (χ2v) is 5.11. The first-order valence-electron chi connectivity index (χ1n) is 6.55. The van der Waals surface area contributed by atoms with Crippen LogP contribution >= 0.6 is 0 Å². The highest BCUT2D eigenvalue weighted by molar-refractivity contribution is 5.93. The third-order valence-electron chi connectivity index (χ3n) is 3.82. The molecule has 4 heteroatoms. The zero-order chi connectivity index (χ0) is 12.3. The van der Waals surface area contributed by atoms with E-state index in [9.17, 15) is 4.79 Å². The van der Waals surface area contributed by atoms with Gasteiger partial charge in [-0.3, -0.25) is 4.79 Å². The predicted molar refractivity (Wildman–Crippen MR) is 68.9 cm³/mol. The average Bonchev–Trinajstić information content (AvgIpc) is 2.75. The maximum atomic E-state index is 12.1. The normalized spacial score (nSPS) is 20.2. The van der Waals surface area contributed by atoms with E-state index < -0.39 is 0 Å². The first-order valence-corrected chi connectivity index (χ1v) is 6.55. The third kappa shape index (κ3) is 3.07. The number of hydrogen-bond acceptors (Lipinski definition) is 3. The van der Waals surface area contributed by atoms with E-state index in [1.807, 2.05) is 18.9 Å². The van der Waals surface area contributed by atoms with Crippen LogP contribution in [0.5, 0.6) is 0 Å². The number of carbonyl (C=O) groups is 1. The van der Waals surface area contributed by atoms with E-state index >= 15 is 0 Å². The second-order valence-electron chi connectivity index (χ2n) is 5.11. The van der Waals surface area contributed by atoms with E-state index in [1.54, 1.807) is 0 Å². The molecule has 2 fully saturated rings. The molecular formula is C13H23N3O. The first-order chi connectivity index (χ1) is 8.18. The van der Waals surface area contributed by atoms with Gasteiger partial charge in [-0.05, 0) is 38.4 Å². The second kappa shape index (κ2) is 5.65. The zero-order valence-electron chi connectivity index (χ0n) is 11.0. The van der Waals surface area contributed by atoms with Crippen molar-refractivity contribution in [1.82, 2.24) is 15.1 Å². The largest absolute Gasteiger partial charge is 0.341 e. The molecular weight excluding hydrogens is 214 g/mol. The average molecular weight is 237 g/mol. The number of amides is 1. The number of nitrogens with zero attached hydrogens (tertiary/aromatic N) is 2. The molecule has 2 rings (SSSR count). The molecule has 2 aliphatic rings. The van der Waals surface area contributed by atoms with Gasteiger partial charge in [0.15, 0.2) is 0 Å². The Bertz CT molecular complexity index is 313. The Morgan fingerprint density at radius 1 is 1.35 bits per heavy atom. The summed E-state index contributed by atoms with van der Waals surface area (Å²) >= 11 is 0. The Balaban J connectivity index is 1.78. The number of likely N-dealkylation sites (N-methyl/N-ethyl adjacent to an activating group) is 1. The summed E-state index contributed by atoms with van der Waals surface area (Å²) in [5.41, 5.74) is 2.20. The molecule has 0 saturated carbocycles. The molecule has 0 aromatic heterocycles. The SMILES string of the molecule is CC(C(=O)N(C)CCN1CCCC1)=C1CNC1. The minimum atomic E-state index is 0.195. The molecule has 0 radical (unpaired) electrons. The van der Waals surface area contributed by atoms with Crippen LogP contribution in [0.2, 0.25) is 0 Å². The van der Waals surface area contributed by atoms with Gasteiger partial charge in [-0.1, -0.05) is 0 Å². The van der Waals surface area contributed by atoms with E-state index in [2.05, 4.69) is 10.2 Å². The monoisotopic (exact) mass is 237 g/mol. The minimum Gasteiger partial charge on any atom is -0.341 e. The molecule has 0 aromatic carbocycles. The van der Waals surface area contributed by atoms with Gasteiger partial charge in [-0.2, -0.15) is 0 Å². The lowest BCUT2D eigenvalue weighted by molar-refractivity contribution is -0.126. The summed E-state index contributed by atoms with van der Waals surface area (Å²) in [6.07, 6.45) is 2.62. The molecule has 0 atom stereocenters. The summed E-state index contributed by atoms with van der Waals surface area (Å²) in [4.78, 5) is 16.4. The van der Waals surface area contributed by atoms with Crippen LogP contribution in [0.15, 0.2) is 11.1 Å². The van der Waals surface area contributed by atoms with Crippen LogP contribution in [0.3, 0.4) is 0 Å². The van der Waals surface area contributed by atoms with Gasteiger partial charge in [0.05, 0.1) is 0 Å². The van der Waals surface area contributed by atoms with Gasteiger partial charge in [0.25, 0.3) is 0 Å². The van der Waals surface area contributed by atoms with Crippen molar-refractivity contribution in [1.29, 1.82) is 0 Å². The van der Waals surface area contributed by atoms with Crippen molar-refractivity contribution >= 4 is 5.91 Å². The summed E-state index contributed by atoms with van der Waals surface area (Å²) < 4.78 is 0. The molecule has 96 valence electrons. The van der Waals surface area contributed by atoms with Gasteiger partial charge in [-0.25, -0.2) is 0 Å². The van der Waals surface area contributed by atoms with Crippen molar-refractivity contribution in [2.75, 3.05) is 46.3 Å². The van der Waals surface area contributed by atoms with E-state index in [0.29, 0.717) is 0 Å². The van der Waals surface area contributed by atoms with Crippen molar-refractivity contribution in [3.8, 4) is 0 Å². The van der Waals surface area contributed by atoms with Crippen LogP contribution in [0.25, 0.3) is 0 Å². The molecule has 1 amide bonds. The molecule has 17 heavy (non-hydrogen) atoms. The highest BCUT2D eigenvalue weighted by Crippen LogP contribution is 2.12. The van der Waals surface area contributed by atoms with Gasteiger partial charge >= 0.3 is 0 Å². The highest BCUT2D eigenvalue weighted by atomic mass is 16.2. The fraction of sp³-hybridized carbons (Fsp3) is 0.769. The molecule has 0 unspecified atom stereocenters. The minimum absolute atomic E-state index is 0.195. The Kier molecular flexibility index (Phi) is 4.18. The summed E-state index contributed by atoms with van der Waals surface area (Å²) in [6, 6.07) is 0. The molecule has 2 saturated heterocycles. The predicted octanol–water partition coefficient (Wildman–Crippen LogP) is 0.460. The molecule has 1 N–H and O–H groups in total. The molecule has 2 heterocycles. The van der Waals surface area contributed by atoms with Crippen molar-refractivity contribution in [2.45, 2.75) is 19.8 Å². The fourth-order valence-corrected chi connectivity index (χ4v) is 2.35. The summed E-state index contributed by atoms with van der Waals surface area (Å²) in [5.74, 6) is 0.195. The first kappa shape index (κ1) is 12.6. The van der Waals surface area contributed by atoms with Crippen LogP contribution in [-0.2, 0) is 4.79 Å². The molecule has 0 aromatic rings. The van der Waals surface area contributed by atoms with E-state index in [0.717, 1.165) is 31.8 Å². The third-order valence-corrected chi connectivity index (χ3v) is 3.82. The van der Waals surface area contributed by atoms with Crippen LogP contribution in [0.1, 0.15) is 19.8 Å². The van der Waals surface area contributed by atoms with Crippen molar-refractivity contribution in [3.63, 3.8) is 0 Å². The number of rotatable bonds is 4. The number of nitrogens with one attached hydrogen (secondary N) is 1. The quantitative estimate of drug-likeness (QED) is 0.722. The Morgan fingerprint density at radius 2 is 2.00 bits per heavy atom. The maximum absolute atomic E-state index is 12.1. The Morgan fingerprint density at radius 3 is 2.53 bits per heavy atom. The van der Waals surface area contributed by atoms with Gasteiger partial charge in [0, 0.05) is 38.8 Å². The van der Waals surface area contributed by atoms with E-state index in [4.69, 9.17) is 0 Å². The standard InChI is InChI=1S/C13H23N3O/c1-11(12-9-14-10-12)13(17)15(2)7-8-16-5-3-4-6-16/h14H,3-10H2,1-2H3. The molecule has 4 nitrogen and oxygen atoms in total. The lowest BCUT2D eigenvalue weighted by Gasteiger charge is -2.26. The smallest absolute Gasteiger partial charge is 0.249 e. The maximum Gasteiger partial charge on any atom is 0.249 e. The van der Waals surface area contributed by atoms with E-state index in [-0.39, 0.29) is 5.91 Å². The molecule has 0 aliphatic carbocycles. The summed E-state index contributed by atoms with van der Waals surface area (Å²) in [7, 11) is 1.91. The Labute approximate surface area is 104 Å². The van der Waals surface area contributed by atoms with Crippen molar-refractivity contribution in [2.24, 2.45) is 0 Å². The number of carbonyl (C=O) groups excluding carboxylic acids is 1. The van der Waals surface area contributed by atoms with Gasteiger partial charge in [-0.15, -0.1) is 0 Å². The summed E-state index contributed by atoms with van der Waals surface area (Å²) in [5, 5.41) is 3.18. The van der Waals surface area contributed by atoms with Crippen molar-refractivity contribution in [3.05, 3.63) is 11.1 Å². The lowest BCUT2D eigenvalue weighted by atomic mass is 10.0. The lowest BCUT2D eigenvalue weighted by Crippen LogP contribution is -2.40. The summed E-state index contributed by atoms with van der Waals surface area (Å²) in [6.45, 7) is 7.98. The number of likely N-dealkylation sites (tertiary alicyclic amines) is 1. The zero-order valence-corrected chi connectivity index (χ0v) is 11.0. The van der Waals surface area contributed by atoms with E-state index in [1.165, 1.54) is 31.5 Å². The van der Waals surface area contributed by atoms with Gasteiger partial charge < -0.3 is 15.1 Å². The van der Waals surface area contributed by atoms with Crippen molar-refractivity contribution < 1.29 is 4.79 Å². The highest BCUT2D eigenvalue weighted by Gasteiger charge is 2.19. The van der Waals surface area contributed by atoms with Crippen LogP contribution in [-0.4, -0.2) is 62.0 Å². The number of hydrogen-bond donors (Lipinski definition) is 1. The van der Waals surface area contributed by atoms with Crippen LogP contribution in [0, 0.1) is 0 Å². The fourth-order valence-electron chi connectivity index (χ4n) is 2.35. The topological polar surface area (TPSA) is 35.6 Å². The van der Waals surface area contributed by atoms with Crippen LogP contribution < -0.4 is 5.32 Å². The van der Waals surface area contributed by atoms with Gasteiger partial charge in [0.1, 0.15) is 0 Å². The molecule has 2 aliphatic heterocycles. The van der Waals surface area contributed by atoms with Crippen LogP contribution in [0.4, 0.5) is 0 Å². The molecule has 0 bridgehead atoms. The molecule has 0 spiro atoms.